The highest BCUT2D eigenvalue weighted by atomic mass is 32.2. The number of sulfonamides is 1. The van der Waals surface area contributed by atoms with E-state index in [9.17, 15) is 13.2 Å². The number of likely N-dealkylation sites (N-methyl/N-ethyl adjacent to an activating group) is 1. The van der Waals surface area contributed by atoms with Crippen LogP contribution >= 0.6 is 0 Å². The van der Waals surface area contributed by atoms with Crippen LogP contribution < -0.4 is 5.32 Å². The van der Waals surface area contributed by atoms with Gasteiger partial charge in [0.25, 0.3) is 5.91 Å². The second-order valence-corrected chi connectivity index (χ2v) is 11.2. The second kappa shape index (κ2) is 8.72. The van der Waals surface area contributed by atoms with Crippen molar-refractivity contribution < 1.29 is 13.2 Å². The van der Waals surface area contributed by atoms with Crippen molar-refractivity contribution in [2.24, 2.45) is 7.05 Å². The zero-order valence-corrected chi connectivity index (χ0v) is 20.7. The number of aromatic nitrogens is 2. The zero-order chi connectivity index (χ0) is 24.0. The minimum atomic E-state index is -3.72. The van der Waals surface area contributed by atoms with E-state index < -0.39 is 10.0 Å². The fourth-order valence-corrected chi connectivity index (χ4v) is 6.72. The molecule has 0 radical (unpaired) electrons. The van der Waals surface area contributed by atoms with Crippen molar-refractivity contribution in [1.29, 1.82) is 0 Å². The number of nitrogens with one attached hydrogen (secondary N) is 1. The number of nitrogens with zero attached hydrogens (tertiary/aromatic N) is 4. The largest absolute Gasteiger partial charge is 0.349 e. The first-order valence-corrected chi connectivity index (χ1v) is 13.1. The van der Waals surface area contributed by atoms with Crippen molar-refractivity contribution in [3.8, 4) is 0 Å². The van der Waals surface area contributed by atoms with Crippen LogP contribution in [0, 0.1) is 6.92 Å². The molecule has 34 heavy (non-hydrogen) atoms. The van der Waals surface area contributed by atoms with E-state index in [0.717, 1.165) is 30.8 Å². The first kappa shape index (κ1) is 22.9. The molecule has 1 N–H and O–H groups in total. The first-order valence-electron chi connectivity index (χ1n) is 11.6. The number of carbonyl (C=O) groups is 1. The highest BCUT2D eigenvalue weighted by Gasteiger charge is 2.32. The number of fused-ring (bicyclic) bond motifs is 2. The molecular weight excluding hydrogens is 450 g/mol. The monoisotopic (exact) mass is 481 g/mol. The van der Waals surface area contributed by atoms with Gasteiger partial charge in [0.05, 0.1) is 6.54 Å². The Labute approximate surface area is 200 Å². The molecular formula is C25H31N5O3S. The van der Waals surface area contributed by atoms with Gasteiger partial charge in [-0.25, -0.2) is 8.42 Å². The fraction of sp³-hybridized carbons (Fsp3) is 0.400. The molecule has 0 atom stereocenters. The summed E-state index contributed by atoms with van der Waals surface area (Å²) in [6, 6.07) is 11.6. The van der Waals surface area contributed by atoms with Crippen LogP contribution in [-0.4, -0.2) is 52.8 Å². The van der Waals surface area contributed by atoms with E-state index in [1.807, 2.05) is 24.4 Å². The van der Waals surface area contributed by atoms with E-state index >= 15 is 0 Å². The van der Waals surface area contributed by atoms with E-state index in [1.165, 1.54) is 21.5 Å². The van der Waals surface area contributed by atoms with Crippen LogP contribution in [0.2, 0.25) is 0 Å². The molecule has 0 saturated heterocycles. The van der Waals surface area contributed by atoms with Crippen molar-refractivity contribution in [2.45, 2.75) is 44.4 Å². The quantitative estimate of drug-likeness (QED) is 0.606. The normalized spacial score (nSPS) is 16.8. The van der Waals surface area contributed by atoms with Crippen LogP contribution in [0.15, 0.2) is 47.5 Å². The van der Waals surface area contributed by atoms with Crippen molar-refractivity contribution in [3.05, 3.63) is 76.4 Å². The molecule has 0 spiro atoms. The number of hydrogen-bond donors (Lipinski definition) is 1. The van der Waals surface area contributed by atoms with E-state index in [1.54, 1.807) is 18.5 Å². The standard InChI is InChI=1S/C25H31N5O3S/c1-18-24(34(32,33)30-13-12-29-10-5-8-21(29)17-30)14-23(28(18)3)25(31)26-15-19-6-4-7-20-16-27(2)11-9-22(19)20/h4-8,10,14H,9,11-13,15-17H2,1-3H3,(H,26,31). The molecule has 5 rings (SSSR count). The van der Waals surface area contributed by atoms with E-state index in [2.05, 4.69) is 34.0 Å². The zero-order valence-electron chi connectivity index (χ0n) is 19.9. The molecule has 0 bridgehead atoms. The molecule has 2 aromatic heterocycles. The van der Waals surface area contributed by atoms with E-state index in [4.69, 9.17) is 0 Å². The molecule has 3 aromatic rings. The maximum atomic E-state index is 13.5. The van der Waals surface area contributed by atoms with Gasteiger partial charge in [0.1, 0.15) is 10.6 Å². The molecule has 0 saturated carbocycles. The van der Waals surface area contributed by atoms with E-state index in [-0.39, 0.29) is 10.8 Å². The van der Waals surface area contributed by atoms with Gasteiger partial charge in [-0.2, -0.15) is 4.31 Å². The first-order chi connectivity index (χ1) is 16.3. The third-order valence-electron chi connectivity index (χ3n) is 7.18. The average Bonchev–Trinajstić information content (AvgIpc) is 3.41. The minimum absolute atomic E-state index is 0.195. The lowest BCUT2D eigenvalue weighted by molar-refractivity contribution is 0.0942. The Morgan fingerprint density at radius 2 is 1.88 bits per heavy atom. The summed E-state index contributed by atoms with van der Waals surface area (Å²) in [4.78, 5) is 15.6. The Balaban J connectivity index is 1.35. The highest BCUT2D eigenvalue weighted by Crippen LogP contribution is 2.27. The lowest BCUT2D eigenvalue weighted by Crippen LogP contribution is -2.38. The van der Waals surface area contributed by atoms with Gasteiger partial charge in [-0.15, -0.1) is 0 Å². The Morgan fingerprint density at radius 1 is 1.06 bits per heavy atom. The van der Waals surface area contributed by atoms with Crippen molar-refractivity contribution in [1.82, 2.24) is 23.7 Å². The average molecular weight is 482 g/mol. The Morgan fingerprint density at radius 3 is 2.71 bits per heavy atom. The Hall–Kier alpha value is -2.88. The predicted molar refractivity (Wildman–Crippen MR) is 130 cm³/mol. The molecule has 1 aromatic carbocycles. The van der Waals surface area contributed by atoms with Crippen molar-refractivity contribution in [2.75, 3.05) is 20.1 Å². The summed E-state index contributed by atoms with van der Waals surface area (Å²) in [5.41, 5.74) is 5.61. The third-order valence-corrected chi connectivity index (χ3v) is 9.15. The van der Waals surface area contributed by atoms with Crippen LogP contribution in [-0.2, 0) is 49.7 Å². The maximum absolute atomic E-state index is 13.5. The molecule has 0 aliphatic carbocycles. The summed E-state index contributed by atoms with van der Waals surface area (Å²) in [6.07, 6.45) is 2.93. The number of hydrogen-bond acceptors (Lipinski definition) is 4. The molecule has 0 unspecified atom stereocenters. The van der Waals surface area contributed by atoms with Crippen LogP contribution in [0.25, 0.3) is 0 Å². The lowest BCUT2D eigenvalue weighted by atomic mass is 9.94. The van der Waals surface area contributed by atoms with Gasteiger partial charge >= 0.3 is 0 Å². The molecule has 2 aliphatic heterocycles. The highest BCUT2D eigenvalue weighted by molar-refractivity contribution is 7.89. The summed E-state index contributed by atoms with van der Waals surface area (Å²) in [7, 11) is 0.136. The number of benzene rings is 1. The van der Waals surface area contributed by atoms with Gasteiger partial charge in [0, 0.05) is 57.4 Å². The number of rotatable bonds is 5. The van der Waals surface area contributed by atoms with Gasteiger partial charge in [0.2, 0.25) is 10.0 Å². The Kier molecular flexibility index (Phi) is 5.87. The van der Waals surface area contributed by atoms with Crippen molar-refractivity contribution in [3.63, 3.8) is 0 Å². The van der Waals surface area contributed by atoms with Crippen molar-refractivity contribution >= 4 is 15.9 Å². The molecule has 8 nitrogen and oxygen atoms in total. The summed E-state index contributed by atoms with van der Waals surface area (Å²) in [5.74, 6) is -0.273. The third kappa shape index (κ3) is 3.97. The van der Waals surface area contributed by atoms with Crippen LogP contribution in [0.4, 0.5) is 0 Å². The summed E-state index contributed by atoms with van der Waals surface area (Å²) >= 11 is 0. The minimum Gasteiger partial charge on any atom is -0.349 e. The van der Waals surface area contributed by atoms with Gasteiger partial charge in [-0.1, -0.05) is 18.2 Å². The van der Waals surface area contributed by atoms with Gasteiger partial charge in [-0.05, 0) is 55.3 Å². The fourth-order valence-electron chi connectivity index (χ4n) is 5.05. The molecule has 1 amide bonds. The number of carbonyl (C=O) groups excluding carboxylic acids is 1. The van der Waals surface area contributed by atoms with Gasteiger partial charge in [0.15, 0.2) is 0 Å². The second-order valence-electron chi connectivity index (χ2n) is 9.30. The van der Waals surface area contributed by atoms with Gasteiger partial charge < -0.3 is 19.4 Å². The van der Waals surface area contributed by atoms with Crippen LogP contribution in [0.3, 0.4) is 0 Å². The maximum Gasteiger partial charge on any atom is 0.268 e. The predicted octanol–water partition coefficient (Wildman–Crippen LogP) is 2.26. The lowest BCUT2D eigenvalue weighted by Gasteiger charge is -2.27. The molecule has 9 heteroatoms. The summed E-state index contributed by atoms with van der Waals surface area (Å²) in [6.45, 7) is 5.45. The number of amides is 1. The molecule has 180 valence electrons. The SMILES string of the molecule is Cc1c(S(=O)(=O)N2CCn3cccc3C2)cc(C(=O)NCc2cccc3c2CCN(C)C3)n1C. The molecule has 4 heterocycles. The smallest absolute Gasteiger partial charge is 0.268 e. The van der Waals surface area contributed by atoms with Crippen LogP contribution in [0.1, 0.15) is 38.6 Å². The summed E-state index contributed by atoms with van der Waals surface area (Å²) in [5, 5.41) is 3.01. The van der Waals surface area contributed by atoms with E-state index in [0.29, 0.717) is 37.6 Å². The Bertz CT molecular complexity index is 1350. The van der Waals surface area contributed by atoms with Gasteiger partial charge in [-0.3, -0.25) is 4.79 Å². The molecule has 2 aliphatic rings. The molecule has 0 fully saturated rings. The summed E-state index contributed by atoms with van der Waals surface area (Å²) < 4.78 is 32.2. The van der Waals surface area contributed by atoms with Crippen LogP contribution in [0.5, 0.6) is 0 Å². The topological polar surface area (TPSA) is 79.6 Å².